The molecule has 7 aliphatic carbocycles. The number of hydrogen-bond acceptors (Lipinski definition) is 1. The lowest BCUT2D eigenvalue weighted by Gasteiger charge is -2.61. The molecule has 0 amide bonds. The van der Waals surface area contributed by atoms with Gasteiger partial charge in [0.05, 0.1) is 5.69 Å². The van der Waals surface area contributed by atoms with E-state index in [9.17, 15) is 0 Å². The van der Waals surface area contributed by atoms with Gasteiger partial charge in [0.15, 0.2) is 0 Å². The van der Waals surface area contributed by atoms with Crippen molar-refractivity contribution in [3.05, 3.63) is 161 Å². The second kappa shape index (κ2) is 11.9. The lowest BCUT2D eigenvalue weighted by atomic mass is 9.43. The van der Waals surface area contributed by atoms with Gasteiger partial charge < -0.3 is 4.90 Å². The van der Waals surface area contributed by atoms with Crippen LogP contribution in [-0.4, -0.2) is 0 Å². The van der Waals surface area contributed by atoms with E-state index in [0.29, 0.717) is 0 Å². The molecule has 0 aromatic heterocycles. The molecule has 0 radical (unpaired) electrons. The second-order valence-corrected chi connectivity index (χ2v) is 21.2. The van der Waals surface area contributed by atoms with Crippen molar-refractivity contribution in [1.82, 2.24) is 0 Å². The molecule has 1 nitrogen and oxygen atoms in total. The van der Waals surface area contributed by atoms with Gasteiger partial charge >= 0.3 is 0 Å². The highest BCUT2D eigenvalue weighted by Crippen LogP contribution is 2.70. The van der Waals surface area contributed by atoms with Crippen LogP contribution in [0.15, 0.2) is 127 Å². The zero-order valence-corrected chi connectivity index (χ0v) is 35.3. The van der Waals surface area contributed by atoms with E-state index < -0.39 is 0 Å². The Hall–Kier alpha value is -4.88. The molecule has 6 aromatic rings. The topological polar surface area (TPSA) is 3.24 Å². The van der Waals surface area contributed by atoms with Crippen LogP contribution >= 0.6 is 0 Å². The number of hydrogen-bond donors (Lipinski definition) is 0. The summed E-state index contributed by atoms with van der Waals surface area (Å²) >= 11 is 0. The van der Waals surface area contributed by atoms with E-state index in [4.69, 9.17) is 0 Å². The molecular formula is C57H57N. The molecule has 4 saturated carbocycles. The van der Waals surface area contributed by atoms with Crippen molar-refractivity contribution in [2.24, 2.45) is 23.7 Å². The lowest BCUT2D eigenvalue weighted by Crippen LogP contribution is -2.55. The number of nitrogens with zero attached hydrogens (tertiary/aromatic N) is 1. The summed E-state index contributed by atoms with van der Waals surface area (Å²) in [6.45, 7) is 14.7. The van der Waals surface area contributed by atoms with Gasteiger partial charge in [-0.1, -0.05) is 133 Å². The maximum absolute atomic E-state index is 2.67. The molecule has 4 fully saturated rings. The minimum atomic E-state index is -0.0818. The second-order valence-electron chi connectivity index (χ2n) is 21.2. The molecule has 13 rings (SSSR count). The molecule has 0 atom stereocenters. The standard InChI is InChI=1S/C57H57N/c1-54(2)25-26-55(3,4)53-50(54)17-12-18-52(53)58(42-20-22-44-43-15-10-11-16-47(43)56(5,6)51(44)34-42)41-21-24-49-46(33-41)45-32-38(37-13-8-7-9-14-37)19-23-48(45)57(49)39-28-35-27-36(30-39)31-40(57)29-35/h7-24,32-36,39-40H,25-31H2,1-6H3. The highest BCUT2D eigenvalue weighted by atomic mass is 15.1. The molecule has 0 heterocycles. The molecule has 6 aromatic carbocycles. The first-order valence-electron chi connectivity index (χ1n) is 22.5. The van der Waals surface area contributed by atoms with E-state index in [-0.39, 0.29) is 21.7 Å². The molecule has 1 spiro atoms. The molecule has 58 heavy (non-hydrogen) atoms. The van der Waals surface area contributed by atoms with Crippen molar-refractivity contribution < 1.29 is 0 Å². The zero-order valence-electron chi connectivity index (χ0n) is 35.3. The van der Waals surface area contributed by atoms with E-state index in [1.54, 1.807) is 11.1 Å². The zero-order chi connectivity index (χ0) is 39.3. The summed E-state index contributed by atoms with van der Waals surface area (Å²) in [4.78, 5) is 2.67. The Morgan fingerprint density at radius 1 is 0.431 bits per heavy atom. The SMILES string of the molecule is CC1(C)CCC(C)(C)c2c(N(c3ccc4c(c3)-c3cc(-c5ccccc5)ccc3C43C4CC5CC(C4)CC3C5)c3ccc4c(c3)C(C)(C)c3ccccc3-4)cccc21. The minimum Gasteiger partial charge on any atom is -0.310 e. The van der Waals surface area contributed by atoms with Gasteiger partial charge in [0.25, 0.3) is 0 Å². The first kappa shape index (κ1) is 35.1. The van der Waals surface area contributed by atoms with Crippen LogP contribution in [0, 0.1) is 23.7 Å². The van der Waals surface area contributed by atoms with Crippen LogP contribution in [-0.2, 0) is 21.7 Å². The Morgan fingerprint density at radius 2 is 1.03 bits per heavy atom. The number of anilines is 3. The molecule has 290 valence electrons. The maximum Gasteiger partial charge on any atom is 0.0502 e. The normalized spacial score (nSPS) is 26.8. The summed E-state index contributed by atoms with van der Waals surface area (Å²) in [6, 6.07) is 50.1. The molecule has 0 N–H and O–H groups in total. The molecule has 4 bridgehead atoms. The highest BCUT2D eigenvalue weighted by molar-refractivity contribution is 5.91. The average molecular weight is 756 g/mol. The van der Waals surface area contributed by atoms with E-state index in [1.807, 2.05) is 0 Å². The van der Waals surface area contributed by atoms with Crippen LogP contribution in [0.2, 0.25) is 0 Å². The van der Waals surface area contributed by atoms with E-state index in [0.717, 1.165) is 23.7 Å². The third kappa shape index (κ3) is 4.65. The third-order valence-corrected chi connectivity index (χ3v) is 16.9. The molecule has 7 aliphatic rings. The van der Waals surface area contributed by atoms with Gasteiger partial charge in [-0.2, -0.15) is 0 Å². The number of fused-ring (bicyclic) bond motifs is 7. The van der Waals surface area contributed by atoms with Gasteiger partial charge in [0.1, 0.15) is 0 Å². The summed E-state index contributed by atoms with van der Waals surface area (Å²) in [5.41, 5.74) is 21.5. The van der Waals surface area contributed by atoms with Crippen LogP contribution in [0.1, 0.15) is 120 Å². The maximum atomic E-state index is 2.67. The number of rotatable bonds is 4. The fraction of sp³-hybridized carbons (Fsp3) is 0.368. The van der Waals surface area contributed by atoms with Gasteiger partial charge in [-0.25, -0.2) is 0 Å². The first-order valence-corrected chi connectivity index (χ1v) is 22.5. The monoisotopic (exact) mass is 755 g/mol. The fourth-order valence-electron chi connectivity index (χ4n) is 14.3. The van der Waals surface area contributed by atoms with Crippen LogP contribution in [0.25, 0.3) is 33.4 Å². The summed E-state index contributed by atoms with van der Waals surface area (Å²) in [5.74, 6) is 3.31. The number of benzene rings is 6. The van der Waals surface area contributed by atoms with Crippen molar-refractivity contribution in [2.75, 3.05) is 4.90 Å². The van der Waals surface area contributed by atoms with Crippen molar-refractivity contribution in [1.29, 1.82) is 0 Å². The highest BCUT2D eigenvalue weighted by Gasteiger charge is 2.61. The average Bonchev–Trinajstić information content (AvgIpc) is 3.63. The van der Waals surface area contributed by atoms with Crippen molar-refractivity contribution in [3.8, 4) is 33.4 Å². The van der Waals surface area contributed by atoms with Gasteiger partial charge in [0.2, 0.25) is 0 Å². The molecule has 0 unspecified atom stereocenters. The smallest absolute Gasteiger partial charge is 0.0502 e. The summed E-state index contributed by atoms with van der Waals surface area (Å²) in [7, 11) is 0. The summed E-state index contributed by atoms with van der Waals surface area (Å²) in [5, 5.41) is 0. The van der Waals surface area contributed by atoms with Crippen molar-refractivity contribution >= 4 is 17.1 Å². The van der Waals surface area contributed by atoms with Gasteiger partial charge in [0, 0.05) is 22.2 Å². The fourth-order valence-corrected chi connectivity index (χ4v) is 14.3. The van der Waals surface area contributed by atoms with Crippen LogP contribution in [0.3, 0.4) is 0 Å². The molecule has 1 heteroatoms. The van der Waals surface area contributed by atoms with E-state index in [2.05, 4.69) is 174 Å². The van der Waals surface area contributed by atoms with Gasteiger partial charge in [-0.3, -0.25) is 0 Å². The minimum absolute atomic E-state index is 0.0459. The summed E-state index contributed by atoms with van der Waals surface area (Å²) in [6.07, 6.45) is 9.44. The summed E-state index contributed by atoms with van der Waals surface area (Å²) < 4.78 is 0. The molecule has 0 aliphatic heterocycles. The molecular weight excluding hydrogens is 699 g/mol. The Morgan fingerprint density at radius 3 is 1.79 bits per heavy atom. The van der Waals surface area contributed by atoms with Crippen molar-refractivity contribution in [3.63, 3.8) is 0 Å². The predicted octanol–water partition coefficient (Wildman–Crippen LogP) is 15.2. The Labute approximate surface area is 346 Å². The van der Waals surface area contributed by atoms with Gasteiger partial charge in [-0.15, -0.1) is 0 Å². The predicted molar refractivity (Wildman–Crippen MR) is 243 cm³/mol. The van der Waals surface area contributed by atoms with Crippen molar-refractivity contribution in [2.45, 2.75) is 108 Å². The van der Waals surface area contributed by atoms with Crippen LogP contribution in [0.5, 0.6) is 0 Å². The van der Waals surface area contributed by atoms with Crippen LogP contribution in [0.4, 0.5) is 17.1 Å². The Balaban J connectivity index is 1.11. The third-order valence-electron chi connectivity index (χ3n) is 16.9. The largest absolute Gasteiger partial charge is 0.310 e. The molecule has 0 saturated heterocycles. The Kier molecular flexibility index (Phi) is 7.18. The van der Waals surface area contributed by atoms with E-state index in [1.165, 1.54) is 118 Å². The Bertz CT molecular complexity index is 2640. The lowest BCUT2D eigenvalue weighted by molar-refractivity contribution is -0.0399. The quantitative estimate of drug-likeness (QED) is 0.173. The van der Waals surface area contributed by atoms with E-state index >= 15 is 0 Å². The van der Waals surface area contributed by atoms with Gasteiger partial charge in [-0.05, 0) is 183 Å². The van der Waals surface area contributed by atoms with Crippen LogP contribution < -0.4 is 4.90 Å². The first-order chi connectivity index (χ1) is 27.9.